The molecule has 13 heteroatoms. The van der Waals surface area contributed by atoms with E-state index in [4.69, 9.17) is 14.2 Å². The number of benzene rings is 4. The molecule has 13 nitrogen and oxygen atoms in total. The van der Waals surface area contributed by atoms with Crippen LogP contribution in [0.4, 0.5) is 14.4 Å². The van der Waals surface area contributed by atoms with Crippen LogP contribution in [0.3, 0.4) is 0 Å². The molecule has 2 N–H and O–H groups in total. The summed E-state index contributed by atoms with van der Waals surface area (Å²) in [6.07, 6.45) is 1.26. The summed E-state index contributed by atoms with van der Waals surface area (Å²) in [6, 6.07) is 36.0. The lowest BCUT2D eigenvalue weighted by atomic mass is 9.83. The molecule has 2 aliphatic heterocycles. The number of hydrogen-bond acceptors (Lipinski definition) is 9. The molecule has 2 fully saturated rings. The number of ether oxygens (including phenoxy) is 3. The number of piperidine rings is 1. The van der Waals surface area contributed by atoms with Crippen LogP contribution in [-0.2, 0) is 50.0 Å². The number of alkyl carbamates (subject to hydrolysis) is 2. The largest absolute Gasteiger partial charge is 0.459 e. The molecule has 0 bridgehead atoms. The Labute approximate surface area is 332 Å². The van der Waals surface area contributed by atoms with E-state index in [-0.39, 0.29) is 45.2 Å². The van der Waals surface area contributed by atoms with Gasteiger partial charge < -0.3 is 19.1 Å². The van der Waals surface area contributed by atoms with Crippen molar-refractivity contribution < 1.29 is 38.2 Å². The van der Waals surface area contributed by atoms with Crippen LogP contribution in [0.1, 0.15) is 47.9 Å². The first-order valence-electron chi connectivity index (χ1n) is 19.2. The fourth-order valence-corrected chi connectivity index (χ4v) is 6.88. The second kappa shape index (κ2) is 20.4. The highest BCUT2D eigenvalue weighted by molar-refractivity contribution is 6.08. The van der Waals surface area contributed by atoms with Crippen molar-refractivity contribution in [2.24, 2.45) is 16.8 Å². The van der Waals surface area contributed by atoms with E-state index >= 15 is 0 Å². The Kier molecular flexibility index (Phi) is 14.4. The number of nitrogens with one attached hydrogen (secondary N) is 2. The first kappa shape index (κ1) is 40.2. The zero-order valence-electron chi connectivity index (χ0n) is 31.7. The van der Waals surface area contributed by atoms with Crippen molar-refractivity contribution in [3.63, 3.8) is 0 Å². The van der Waals surface area contributed by atoms with E-state index in [1.165, 1.54) is 5.56 Å². The molecule has 2 atom stereocenters. The third kappa shape index (κ3) is 11.7. The first-order chi connectivity index (χ1) is 27.8. The summed E-state index contributed by atoms with van der Waals surface area (Å²) < 4.78 is 16.3. The third-order valence-corrected chi connectivity index (χ3v) is 9.95. The average Bonchev–Trinajstić information content (AvgIpc) is 3.24. The van der Waals surface area contributed by atoms with Gasteiger partial charge in [-0.1, -0.05) is 121 Å². The molecular weight excluding hydrogens is 727 g/mol. The number of aliphatic imine (C=N–C) groups is 1. The molecule has 57 heavy (non-hydrogen) atoms. The van der Waals surface area contributed by atoms with Gasteiger partial charge in [-0.05, 0) is 60.3 Å². The molecule has 4 aromatic rings. The van der Waals surface area contributed by atoms with Crippen molar-refractivity contribution in [3.05, 3.63) is 144 Å². The van der Waals surface area contributed by atoms with Crippen molar-refractivity contribution in [1.82, 2.24) is 20.4 Å². The number of nitrogens with zero attached hydrogens (tertiary/aromatic N) is 3. The van der Waals surface area contributed by atoms with Crippen LogP contribution in [0.5, 0.6) is 0 Å². The number of hydrogen-bond donors (Lipinski definition) is 2. The second-order valence-electron chi connectivity index (χ2n) is 14.0. The van der Waals surface area contributed by atoms with Gasteiger partial charge in [0.25, 0.3) is 0 Å². The van der Waals surface area contributed by atoms with E-state index < -0.39 is 42.1 Å². The van der Waals surface area contributed by atoms with E-state index in [2.05, 4.69) is 27.8 Å². The molecular formula is C44H47N5O8. The smallest absolute Gasteiger partial charge is 0.414 e. The third-order valence-electron chi connectivity index (χ3n) is 9.95. The standard InChI is InChI=1S/C44H47N5O8/c50-39-37(22-13-25-45-41(46-42(52)56-30-35-18-9-3-10-19-35)47-43(53)57-31-36-20-11-4-12-21-36)38(40(51)55-29-34-16-7-2-8-17-34)49(39)44(54)48-26-23-33(24-27-48)28-32-14-5-1-6-15-32/h1-12,14-21,33,37-38H,13,22-31H2,(H2,45,46,47,52,53). The van der Waals surface area contributed by atoms with Crippen molar-refractivity contribution >= 4 is 36.1 Å². The molecule has 4 aromatic carbocycles. The van der Waals surface area contributed by atoms with Crippen molar-refractivity contribution in [1.29, 1.82) is 0 Å². The fourth-order valence-electron chi connectivity index (χ4n) is 6.88. The molecule has 0 spiro atoms. The van der Waals surface area contributed by atoms with Gasteiger partial charge in [-0.15, -0.1) is 0 Å². The lowest BCUT2D eigenvalue weighted by Gasteiger charge is -2.46. The monoisotopic (exact) mass is 773 g/mol. The van der Waals surface area contributed by atoms with Crippen LogP contribution in [0.2, 0.25) is 0 Å². The zero-order valence-corrected chi connectivity index (χ0v) is 31.7. The lowest BCUT2D eigenvalue weighted by Crippen LogP contribution is -2.69. The fraction of sp³-hybridized carbons (Fsp3) is 0.318. The van der Waals surface area contributed by atoms with Crippen LogP contribution in [-0.4, -0.2) is 71.5 Å². The summed E-state index contributed by atoms with van der Waals surface area (Å²) in [7, 11) is 0. The van der Waals surface area contributed by atoms with Gasteiger partial charge in [0, 0.05) is 19.6 Å². The number of likely N-dealkylation sites (tertiary alicyclic amines) is 2. The quantitative estimate of drug-likeness (QED) is 0.0384. The Hall–Kier alpha value is -6.50. The first-order valence-corrected chi connectivity index (χ1v) is 19.2. The number of esters is 1. The number of β-lactam (4-membered cyclic amide) rings is 1. The van der Waals surface area contributed by atoms with E-state index in [9.17, 15) is 24.0 Å². The lowest BCUT2D eigenvalue weighted by molar-refractivity contribution is -0.171. The number of rotatable bonds is 13. The van der Waals surface area contributed by atoms with Gasteiger partial charge in [0.1, 0.15) is 19.8 Å². The van der Waals surface area contributed by atoms with Gasteiger partial charge in [-0.3, -0.25) is 20.4 Å². The van der Waals surface area contributed by atoms with Gasteiger partial charge in [0.15, 0.2) is 6.04 Å². The summed E-state index contributed by atoms with van der Waals surface area (Å²) in [5.74, 6) is -1.74. The molecule has 2 heterocycles. The highest BCUT2D eigenvalue weighted by Crippen LogP contribution is 2.34. The maximum Gasteiger partial charge on any atom is 0.414 e. The van der Waals surface area contributed by atoms with Crippen LogP contribution < -0.4 is 10.6 Å². The number of carbonyl (C=O) groups is 5. The Bertz CT molecular complexity index is 1910. The minimum absolute atomic E-state index is 0.00424. The molecule has 0 aliphatic carbocycles. The topological polar surface area (TPSA) is 156 Å². The summed E-state index contributed by atoms with van der Waals surface area (Å²) in [6.45, 7) is 0.989. The van der Waals surface area contributed by atoms with Gasteiger partial charge in [0.05, 0.1) is 5.92 Å². The second-order valence-corrected chi connectivity index (χ2v) is 14.0. The summed E-state index contributed by atoms with van der Waals surface area (Å²) in [4.78, 5) is 73.4. The highest BCUT2D eigenvalue weighted by Gasteiger charge is 2.56. The summed E-state index contributed by atoms with van der Waals surface area (Å²) >= 11 is 0. The van der Waals surface area contributed by atoms with Gasteiger partial charge in [0.2, 0.25) is 11.9 Å². The molecule has 296 valence electrons. The van der Waals surface area contributed by atoms with Gasteiger partial charge in [-0.2, -0.15) is 0 Å². The Morgan fingerprint density at radius 3 is 1.58 bits per heavy atom. The Balaban J connectivity index is 1.07. The van der Waals surface area contributed by atoms with Gasteiger partial charge in [-0.25, -0.2) is 24.1 Å². The van der Waals surface area contributed by atoms with Crippen LogP contribution in [0.15, 0.2) is 126 Å². The number of carbonyl (C=O) groups excluding carboxylic acids is 5. The minimum Gasteiger partial charge on any atom is -0.459 e. The van der Waals surface area contributed by atoms with E-state index in [0.717, 1.165) is 40.9 Å². The molecule has 6 rings (SSSR count). The minimum atomic E-state index is -1.10. The normalized spacial score (nSPS) is 16.5. The molecule has 0 aromatic heterocycles. The van der Waals surface area contributed by atoms with Crippen LogP contribution in [0, 0.1) is 11.8 Å². The molecule has 2 saturated heterocycles. The Morgan fingerprint density at radius 2 is 1.09 bits per heavy atom. The summed E-state index contributed by atoms with van der Waals surface area (Å²) in [5.41, 5.74) is 3.56. The molecule has 0 radical (unpaired) electrons. The van der Waals surface area contributed by atoms with E-state index in [1.54, 1.807) is 29.2 Å². The molecule has 2 aliphatic rings. The molecule has 5 amide bonds. The Morgan fingerprint density at radius 1 is 0.632 bits per heavy atom. The number of guanidine groups is 1. The molecule has 0 saturated carbocycles. The number of amides is 5. The van der Waals surface area contributed by atoms with Crippen molar-refractivity contribution in [3.8, 4) is 0 Å². The molecule has 2 unspecified atom stereocenters. The van der Waals surface area contributed by atoms with Crippen molar-refractivity contribution in [2.45, 2.75) is 58.0 Å². The van der Waals surface area contributed by atoms with E-state index in [1.807, 2.05) is 84.9 Å². The predicted molar refractivity (Wildman–Crippen MR) is 211 cm³/mol. The maximum atomic E-state index is 13.8. The predicted octanol–water partition coefficient (Wildman–Crippen LogP) is 6.62. The number of imide groups is 1. The van der Waals surface area contributed by atoms with Gasteiger partial charge >= 0.3 is 24.2 Å². The zero-order chi connectivity index (χ0) is 39.8. The number of urea groups is 1. The summed E-state index contributed by atoms with van der Waals surface area (Å²) in [5, 5.41) is 4.91. The average molecular weight is 774 g/mol. The van der Waals surface area contributed by atoms with Crippen LogP contribution in [0.25, 0.3) is 0 Å². The maximum absolute atomic E-state index is 13.8. The van der Waals surface area contributed by atoms with E-state index in [0.29, 0.717) is 19.0 Å². The van der Waals surface area contributed by atoms with Crippen LogP contribution >= 0.6 is 0 Å². The highest BCUT2D eigenvalue weighted by atomic mass is 16.6. The van der Waals surface area contributed by atoms with Crippen molar-refractivity contribution in [2.75, 3.05) is 19.6 Å². The SMILES string of the molecule is O=C(NC(=NCCCC1C(=O)N(C(=O)N2CCC(Cc3ccccc3)CC2)C1C(=O)OCc1ccccc1)NC(=O)OCc1ccccc1)OCc1ccccc1.